The predicted octanol–water partition coefficient (Wildman–Crippen LogP) is 2.98. The summed E-state index contributed by atoms with van der Waals surface area (Å²) in [4.78, 5) is 17.0. The first kappa shape index (κ1) is 12.2. The Labute approximate surface area is 120 Å². The average molecular weight is 270 g/mol. The van der Waals surface area contributed by atoms with E-state index in [4.69, 9.17) is 0 Å². The molecule has 20 heavy (non-hydrogen) atoms. The second-order valence-corrected chi connectivity index (χ2v) is 6.37. The van der Waals surface area contributed by atoms with Crippen LogP contribution in [0.4, 0.5) is 11.4 Å². The van der Waals surface area contributed by atoms with E-state index in [0.29, 0.717) is 11.8 Å². The Hall–Kier alpha value is -1.51. The highest BCUT2D eigenvalue weighted by Crippen LogP contribution is 2.37. The summed E-state index contributed by atoms with van der Waals surface area (Å²) in [6, 6.07) is 6.75. The Kier molecular flexibility index (Phi) is 2.94. The average Bonchev–Trinajstić information content (AvgIpc) is 3.20. The number of nitrogens with zero attached hydrogens (tertiary/aromatic N) is 2. The van der Waals surface area contributed by atoms with Crippen LogP contribution in [0.1, 0.15) is 37.7 Å². The van der Waals surface area contributed by atoms with Gasteiger partial charge in [-0.1, -0.05) is 6.07 Å². The van der Waals surface area contributed by atoms with E-state index in [2.05, 4.69) is 28.0 Å². The molecule has 1 saturated carbocycles. The molecule has 0 spiro atoms. The first-order valence-electron chi connectivity index (χ1n) is 8.02. The van der Waals surface area contributed by atoms with E-state index in [-0.39, 0.29) is 0 Å². The third kappa shape index (κ3) is 2.09. The summed E-state index contributed by atoms with van der Waals surface area (Å²) in [5.74, 6) is 0.681. The molecule has 2 aliphatic heterocycles. The van der Waals surface area contributed by atoms with E-state index in [9.17, 15) is 4.79 Å². The minimum atomic E-state index is 0.316. The van der Waals surface area contributed by atoms with Crippen molar-refractivity contribution in [1.29, 1.82) is 0 Å². The molecule has 0 radical (unpaired) electrons. The first-order chi connectivity index (χ1) is 9.83. The number of carbonyl (C=O) groups is 1. The Morgan fingerprint density at radius 2 is 1.85 bits per heavy atom. The molecule has 1 aromatic rings. The number of carbonyl (C=O) groups excluding carboxylic acids is 1. The minimum Gasteiger partial charge on any atom is -0.371 e. The molecular formula is C17H22N2O. The second-order valence-electron chi connectivity index (χ2n) is 6.37. The summed E-state index contributed by atoms with van der Waals surface area (Å²) in [6.07, 6.45) is 7.00. The fraction of sp³-hybridized carbons (Fsp3) is 0.588. The van der Waals surface area contributed by atoms with Gasteiger partial charge >= 0.3 is 0 Å². The Balaban J connectivity index is 1.67. The maximum atomic E-state index is 12.5. The number of aryl methyl sites for hydroxylation is 1. The molecule has 3 nitrogen and oxygen atoms in total. The van der Waals surface area contributed by atoms with Gasteiger partial charge in [-0.25, -0.2) is 0 Å². The van der Waals surface area contributed by atoms with Crippen LogP contribution in [0.25, 0.3) is 0 Å². The van der Waals surface area contributed by atoms with Crippen molar-refractivity contribution in [2.45, 2.75) is 38.5 Å². The predicted molar refractivity (Wildman–Crippen MR) is 81.3 cm³/mol. The standard InChI is InChI=1S/C17H22N2O/c20-17(14-5-6-14)19-11-3-4-13-7-8-15(12-16(13)19)18-9-1-2-10-18/h7-8,12,14H,1-6,9-11H2. The van der Waals surface area contributed by atoms with E-state index in [1.54, 1.807) is 0 Å². The van der Waals surface area contributed by atoms with Crippen molar-refractivity contribution >= 4 is 17.3 Å². The van der Waals surface area contributed by atoms with E-state index in [1.807, 2.05) is 0 Å². The van der Waals surface area contributed by atoms with Crippen LogP contribution in [0.3, 0.4) is 0 Å². The molecule has 1 amide bonds. The molecule has 1 aliphatic carbocycles. The lowest BCUT2D eigenvalue weighted by Gasteiger charge is -2.31. The van der Waals surface area contributed by atoms with Crippen LogP contribution in [0.5, 0.6) is 0 Å². The van der Waals surface area contributed by atoms with E-state index < -0.39 is 0 Å². The smallest absolute Gasteiger partial charge is 0.230 e. The van der Waals surface area contributed by atoms with E-state index in [1.165, 1.54) is 29.8 Å². The third-order valence-corrected chi connectivity index (χ3v) is 4.85. The fourth-order valence-electron chi connectivity index (χ4n) is 3.51. The van der Waals surface area contributed by atoms with Gasteiger partial charge in [0.15, 0.2) is 0 Å². The lowest BCUT2D eigenvalue weighted by molar-refractivity contribution is -0.119. The van der Waals surface area contributed by atoms with Gasteiger partial charge in [-0.15, -0.1) is 0 Å². The zero-order valence-corrected chi connectivity index (χ0v) is 12.0. The lowest BCUT2D eigenvalue weighted by atomic mass is 10.0. The van der Waals surface area contributed by atoms with Crippen LogP contribution < -0.4 is 9.80 Å². The highest BCUT2D eigenvalue weighted by molar-refractivity contribution is 5.98. The zero-order chi connectivity index (χ0) is 13.5. The number of hydrogen-bond acceptors (Lipinski definition) is 2. The quantitative estimate of drug-likeness (QED) is 0.825. The van der Waals surface area contributed by atoms with Crippen LogP contribution in [0.15, 0.2) is 18.2 Å². The lowest BCUT2D eigenvalue weighted by Crippen LogP contribution is -2.36. The van der Waals surface area contributed by atoms with Gasteiger partial charge in [0.2, 0.25) is 5.91 Å². The molecule has 0 unspecified atom stereocenters. The molecule has 3 aliphatic rings. The molecule has 0 aromatic heterocycles. The van der Waals surface area contributed by atoms with Crippen LogP contribution in [-0.2, 0) is 11.2 Å². The van der Waals surface area contributed by atoms with Crippen molar-refractivity contribution in [3.05, 3.63) is 23.8 Å². The molecule has 0 bridgehead atoms. The summed E-state index contributed by atoms with van der Waals surface area (Å²) in [7, 11) is 0. The van der Waals surface area contributed by atoms with Crippen molar-refractivity contribution in [3.8, 4) is 0 Å². The van der Waals surface area contributed by atoms with Gasteiger partial charge < -0.3 is 9.80 Å². The van der Waals surface area contributed by atoms with Crippen molar-refractivity contribution < 1.29 is 4.79 Å². The van der Waals surface area contributed by atoms with Gasteiger partial charge in [0.1, 0.15) is 0 Å². The van der Waals surface area contributed by atoms with Gasteiger partial charge in [-0.3, -0.25) is 4.79 Å². The zero-order valence-electron chi connectivity index (χ0n) is 12.0. The molecule has 1 saturated heterocycles. The second kappa shape index (κ2) is 4.80. The topological polar surface area (TPSA) is 23.6 Å². The molecular weight excluding hydrogens is 248 g/mol. The SMILES string of the molecule is O=C(C1CC1)N1CCCc2ccc(N3CCCC3)cc21. The summed E-state index contributed by atoms with van der Waals surface area (Å²) < 4.78 is 0. The number of fused-ring (bicyclic) bond motifs is 1. The maximum Gasteiger partial charge on any atom is 0.230 e. The third-order valence-electron chi connectivity index (χ3n) is 4.85. The number of rotatable bonds is 2. The number of hydrogen-bond donors (Lipinski definition) is 0. The monoisotopic (exact) mass is 270 g/mol. The Morgan fingerprint density at radius 1 is 1.05 bits per heavy atom. The van der Waals surface area contributed by atoms with Crippen molar-refractivity contribution in [2.75, 3.05) is 29.4 Å². The largest absolute Gasteiger partial charge is 0.371 e. The normalized spacial score (nSPS) is 22.0. The van der Waals surface area contributed by atoms with Gasteiger partial charge in [0, 0.05) is 36.9 Å². The van der Waals surface area contributed by atoms with Gasteiger partial charge in [-0.2, -0.15) is 0 Å². The summed E-state index contributed by atoms with van der Waals surface area (Å²) >= 11 is 0. The summed E-state index contributed by atoms with van der Waals surface area (Å²) in [5.41, 5.74) is 3.85. The first-order valence-corrected chi connectivity index (χ1v) is 8.02. The van der Waals surface area contributed by atoms with Crippen LogP contribution in [0.2, 0.25) is 0 Å². The molecule has 2 fully saturated rings. The van der Waals surface area contributed by atoms with Gasteiger partial charge in [0.25, 0.3) is 0 Å². The molecule has 1 aromatic carbocycles. The van der Waals surface area contributed by atoms with Crippen molar-refractivity contribution in [2.24, 2.45) is 5.92 Å². The maximum absolute atomic E-state index is 12.5. The number of benzene rings is 1. The highest BCUT2D eigenvalue weighted by atomic mass is 16.2. The van der Waals surface area contributed by atoms with Crippen LogP contribution in [-0.4, -0.2) is 25.5 Å². The van der Waals surface area contributed by atoms with Crippen molar-refractivity contribution in [3.63, 3.8) is 0 Å². The molecule has 4 rings (SSSR count). The Bertz CT molecular complexity index is 530. The molecule has 2 heterocycles. The summed E-state index contributed by atoms with van der Waals surface area (Å²) in [5, 5.41) is 0. The molecule has 0 atom stereocenters. The van der Waals surface area contributed by atoms with Gasteiger partial charge in [-0.05, 0) is 56.2 Å². The van der Waals surface area contributed by atoms with Crippen molar-refractivity contribution in [1.82, 2.24) is 0 Å². The molecule has 106 valence electrons. The van der Waals surface area contributed by atoms with E-state index in [0.717, 1.165) is 45.3 Å². The Morgan fingerprint density at radius 3 is 2.60 bits per heavy atom. The summed E-state index contributed by atoms with van der Waals surface area (Å²) in [6.45, 7) is 3.23. The van der Waals surface area contributed by atoms with Crippen LogP contribution >= 0.6 is 0 Å². The molecule has 3 heteroatoms. The fourth-order valence-corrected chi connectivity index (χ4v) is 3.51. The van der Waals surface area contributed by atoms with E-state index >= 15 is 0 Å². The number of anilines is 2. The minimum absolute atomic E-state index is 0.316. The number of amides is 1. The van der Waals surface area contributed by atoms with Gasteiger partial charge in [0.05, 0.1) is 0 Å². The van der Waals surface area contributed by atoms with Crippen LogP contribution in [0, 0.1) is 5.92 Å². The molecule has 0 N–H and O–H groups in total. The highest BCUT2D eigenvalue weighted by Gasteiger charge is 2.35.